The predicted octanol–water partition coefficient (Wildman–Crippen LogP) is 2.79. The van der Waals surface area contributed by atoms with Crippen molar-refractivity contribution in [2.75, 3.05) is 18.6 Å². The molecular formula is C16H24N2O3. The van der Waals surface area contributed by atoms with Crippen LogP contribution < -0.4 is 9.64 Å². The van der Waals surface area contributed by atoms with E-state index in [0.29, 0.717) is 6.42 Å². The number of hydrogen-bond acceptors (Lipinski definition) is 5. The van der Waals surface area contributed by atoms with E-state index >= 15 is 0 Å². The van der Waals surface area contributed by atoms with Gasteiger partial charge in [0.25, 0.3) is 0 Å². The Morgan fingerprint density at radius 2 is 2.29 bits per heavy atom. The van der Waals surface area contributed by atoms with Gasteiger partial charge in [-0.05, 0) is 45.2 Å². The summed E-state index contributed by atoms with van der Waals surface area (Å²) in [5.41, 5.74) is 0. The Morgan fingerprint density at radius 1 is 1.48 bits per heavy atom. The first-order chi connectivity index (χ1) is 10.1. The Bertz CT molecular complexity index is 476. The van der Waals surface area contributed by atoms with Crippen LogP contribution in [0.25, 0.3) is 0 Å². The van der Waals surface area contributed by atoms with E-state index in [1.165, 1.54) is 7.11 Å². The number of carbonyl (C=O) groups excluding carboxylic acids is 1. The fourth-order valence-electron chi connectivity index (χ4n) is 2.71. The number of piperidine rings is 1. The monoisotopic (exact) mass is 292 g/mol. The molecule has 0 aromatic carbocycles. The summed E-state index contributed by atoms with van der Waals surface area (Å²) in [7, 11) is 1.43. The maximum atomic E-state index is 11.6. The molecule has 0 bridgehead atoms. The average molecular weight is 292 g/mol. The third kappa shape index (κ3) is 4.09. The van der Waals surface area contributed by atoms with Gasteiger partial charge in [-0.25, -0.2) is 4.98 Å². The second kappa shape index (κ2) is 7.29. The van der Waals surface area contributed by atoms with Crippen LogP contribution in [-0.4, -0.2) is 36.8 Å². The maximum absolute atomic E-state index is 11.6. The van der Waals surface area contributed by atoms with E-state index in [1.54, 1.807) is 6.20 Å². The Balaban J connectivity index is 2.22. The van der Waals surface area contributed by atoms with Crippen LogP contribution in [0.2, 0.25) is 0 Å². The van der Waals surface area contributed by atoms with Gasteiger partial charge < -0.3 is 14.4 Å². The van der Waals surface area contributed by atoms with Gasteiger partial charge in [0.05, 0.1) is 19.6 Å². The molecule has 0 aliphatic carbocycles. The summed E-state index contributed by atoms with van der Waals surface area (Å²) in [5.74, 6) is 1.44. The topological polar surface area (TPSA) is 51.7 Å². The summed E-state index contributed by atoms with van der Waals surface area (Å²) >= 11 is 0. The van der Waals surface area contributed by atoms with Crippen LogP contribution >= 0.6 is 0 Å². The molecule has 0 radical (unpaired) electrons. The number of methoxy groups -OCH3 is 1. The Labute approximate surface area is 126 Å². The van der Waals surface area contributed by atoms with E-state index in [-0.39, 0.29) is 18.1 Å². The molecule has 1 aromatic heterocycles. The van der Waals surface area contributed by atoms with Gasteiger partial charge in [-0.1, -0.05) is 0 Å². The zero-order chi connectivity index (χ0) is 15.2. The van der Waals surface area contributed by atoms with Crippen molar-refractivity contribution in [2.24, 2.45) is 0 Å². The lowest BCUT2D eigenvalue weighted by molar-refractivity contribution is -0.141. The lowest BCUT2D eigenvalue weighted by Gasteiger charge is -2.37. The molecule has 0 spiro atoms. The van der Waals surface area contributed by atoms with Crippen molar-refractivity contribution in [3.05, 3.63) is 18.3 Å². The molecule has 5 heteroatoms. The number of rotatable bonds is 5. The first-order valence-electron chi connectivity index (χ1n) is 7.57. The fourth-order valence-corrected chi connectivity index (χ4v) is 2.71. The highest BCUT2D eigenvalue weighted by atomic mass is 16.5. The Morgan fingerprint density at radius 3 is 3.00 bits per heavy atom. The standard InChI is InChI=1S/C16H24N2O3/c1-12(2)21-14-8-6-9-17-16(14)18-10-5-4-7-13(18)11-15(19)20-3/h6,8-9,12-13H,4-5,7,10-11H2,1-3H3. The Kier molecular flexibility index (Phi) is 5.42. The van der Waals surface area contributed by atoms with Crippen LogP contribution in [-0.2, 0) is 9.53 Å². The van der Waals surface area contributed by atoms with E-state index in [4.69, 9.17) is 9.47 Å². The van der Waals surface area contributed by atoms with Crippen molar-refractivity contribution in [1.29, 1.82) is 0 Å². The molecule has 116 valence electrons. The van der Waals surface area contributed by atoms with Crippen molar-refractivity contribution < 1.29 is 14.3 Å². The normalized spacial score (nSPS) is 18.7. The second-order valence-electron chi connectivity index (χ2n) is 5.62. The second-order valence-corrected chi connectivity index (χ2v) is 5.62. The highest BCUT2D eigenvalue weighted by Crippen LogP contribution is 2.32. The summed E-state index contributed by atoms with van der Waals surface area (Å²) in [5, 5.41) is 0. The molecule has 0 amide bonds. The lowest BCUT2D eigenvalue weighted by Crippen LogP contribution is -2.41. The third-order valence-electron chi connectivity index (χ3n) is 3.64. The van der Waals surface area contributed by atoms with Crippen LogP contribution in [0.4, 0.5) is 5.82 Å². The van der Waals surface area contributed by atoms with Gasteiger partial charge in [0.15, 0.2) is 11.6 Å². The van der Waals surface area contributed by atoms with E-state index in [0.717, 1.165) is 37.4 Å². The van der Waals surface area contributed by atoms with E-state index in [1.807, 2.05) is 26.0 Å². The molecule has 2 rings (SSSR count). The van der Waals surface area contributed by atoms with Gasteiger partial charge in [0.2, 0.25) is 0 Å². The largest absolute Gasteiger partial charge is 0.487 e. The lowest BCUT2D eigenvalue weighted by atomic mass is 9.99. The van der Waals surface area contributed by atoms with E-state index in [2.05, 4.69) is 9.88 Å². The minimum Gasteiger partial charge on any atom is -0.487 e. The van der Waals surface area contributed by atoms with Gasteiger partial charge in [0, 0.05) is 18.8 Å². The van der Waals surface area contributed by atoms with Gasteiger partial charge in [-0.15, -0.1) is 0 Å². The number of anilines is 1. The third-order valence-corrected chi connectivity index (χ3v) is 3.64. The average Bonchev–Trinajstić information content (AvgIpc) is 2.48. The van der Waals surface area contributed by atoms with Crippen LogP contribution in [0, 0.1) is 0 Å². The first kappa shape index (κ1) is 15.6. The highest BCUT2D eigenvalue weighted by Gasteiger charge is 2.28. The number of nitrogens with zero attached hydrogens (tertiary/aromatic N) is 2. The van der Waals surface area contributed by atoms with Gasteiger partial charge in [-0.2, -0.15) is 0 Å². The summed E-state index contributed by atoms with van der Waals surface area (Å²) in [4.78, 5) is 18.3. The van der Waals surface area contributed by atoms with Crippen LogP contribution in [0.15, 0.2) is 18.3 Å². The minimum atomic E-state index is -0.172. The quantitative estimate of drug-likeness (QED) is 0.781. The zero-order valence-electron chi connectivity index (χ0n) is 13.0. The van der Waals surface area contributed by atoms with Gasteiger partial charge in [0.1, 0.15) is 0 Å². The summed E-state index contributed by atoms with van der Waals surface area (Å²) < 4.78 is 10.7. The number of aromatic nitrogens is 1. The molecule has 1 saturated heterocycles. The van der Waals surface area contributed by atoms with Crippen molar-refractivity contribution in [1.82, 2.24) is 4.98 Å². The SMILES string of the molecule is COC(=O)CC1CCCCN1c1ncccc1OC(C)C. The van der Waals surface area contributed by atoms with Crippen molar-refractivity contribution >= 4 is 11.8 Å². The van der Waals surface area contributed by atoms with E-state index < -0.39 is 0 Å². The predicted molar refractivity (Wildman–Crippen MR) is 81.6 cm³/mol. The van der Waals surface area contributed by atoms with Crippen molar-refractivity contribution in [3.63, 3.8) is 0 Å². The van der Waals surface area contributed by atoms with Crippen molar-refractivity contribution in [2.45, 2.75) is 51.7 Å². The number of hydrogen-bond donors (Lipinski definition) is 0. The molecule has 2 heterocycles. The van der Waals surface area contributed by atoms with Gasteiger partial charge >= 0.3 is 5.97 Å². The number of pyridine rings is 1. The fraction of sp³-hybridized carbons (Fsp3) is 0.625. The zero-order valence-corrected chi connectivity index (χ0v) is 13.0. The van der Waals surface area contributed by atoms with Crippen LogP contribution in [0.5, 0.6) is 5.75 Å². The molecule has 1 aromatic rings. The molecule has 21 heavy (non-hydrogen) atoms. The van der Waals surface area contributed by atoms with Gasteiger partial charge in [-0.3, -0.25) is 4.79 Å². The summed E-state index contributed by atoms with van der Waals surface area (Å²) in [6.45, 7) is 4.89. The molecule has 1 fully saturated rings. The maximum Gasteiger partial charge on any atom is 0.307 e. The number of carbonyl (C=O) groups is 1. The van der Waals surface area contributed by atoms with Crippen molar-refractivity contribution in [3.8, 4) is 5.75 Å². The molecule has 1 aliphatic rings. The smallest absolute Gasteiger partial charge is 0.307 e. The molecule has 5 nitrogen and oxygen atoms in total. The van der Waals surface area contributed by atoms with E-state index in [9.17, 15) is 4.79 Å². The Hall–Kier alpha value is -1.78. The number of esters is 1. The highest BCUT2D eigenvalue weighted by molar-refractivity contribution is 5.71. The molecule has 1 unspecified atom stereocenters. The summed E-state index contributed by atoms with van der Waals surface area (Å²) in [6.07, 6.45) is 5.48. The molecule has 0 saturated carbocycles. The molecular weight excluding hydrogens is 268 g/mol. The number of ether oxygens (including phenoxy) is 2. The van der Waals surface area contributed by atoms with Crippen LogP contribution in [0.3, 0.4) is 0 Å². The van der Waals surface area contributed by atoms with Crippen LogP contribution in [0.1, 0.15) is 39.5 Å². The molecule has 0 N–H and O–H groups in total. The molecule has 1 aliphatic heterocycles. The minimum absolute atomic E-state index is 0.0943. The summed E-state index contributed by atoms with van der Waals surface area (Å²) in [6, 6.07) is 3.95. The first-order valence-corrected chi connectivity index (χ1v) is 7.57. The molecule has 1 atom stereocenters.